The third-order valence-electron chi connectivity index (χ3n) is 2.69. The molecule has 0 radical (unpaired) electrons. The molecular formula is C13H15Cl2N3. The van der Waals surface area contributed by atoms with Crippen LogP contribution in [-0.4, -0.2) is 9.78 Å². The number of hydrogen-bond donors (Lipinski definition) is 1. The van der Waals surface area contributed by atoms with Gasteiger partial charge in [0, 0.05) is 6.54 Å². The molecule has 0 amide bonds. The lowest BCUT2D eigenvalue weighted by Gasteiger charge is -2.11. The summed E-state index contributed by atoms with van der Waals surface area (Å²) in [5.41, 5.74) is 2.90. The predicted molar refractivity (Wildman–Crippen MR) is 76.4 cm³/mol. The van der Waals surface area contributed by atoms with Gasteiger partial charge in [-0.1, -0.05) is 29.3 Å². The highest BCUT2D eigenvalue weighted by Gasteiger charge is 2.07. The van der Waals surface area contributed by atoms with E-state index in [1.54, 1.807) is 0 Å². The van der Waals surface area contributed by atoms with E-state index in [4.69, 9.17) is 23.2 Å². The standard InChI is InChI=1S/C13H15Cl2N3/c1-3-18-10(7-9(2)17-18)8-16-13-11(14)5-4-6-12(13)15/h4-7,16H,3,8H2,1-2H3. The molecule has 1 N–H and O–H groups in total. The topological polar surface area (TPSA) is 29.9 Å². The number of anilines is 1. The minimum Gasteiger partial charge on any atom is -0.377 e. The van der Waals surface area contributed by atoms with E-state index in [1.165, 1.54) is 0 Å². The van der Waals surface area contributed by atoms with E-state index in [9.17, 15) is 0 Å². The summed E-state index contributed by atoms with van der Waals surface area (Å²) in [5.74, 6) is 0. The Hall–Kier alpha value is -1.19. The van der Waals surface area contributed by atoms with Crippen molar-refractivity contribution in [2.75, 3.05) is 5.32 Å². The van der Waals surface area contributed by atoms with Gasteiger partial charge in [-0.3, -0.25) is 4.68 Å². The third kappa shape index (κ3) is 2.79. The first-order valence-corrected chi connectivity index (χ1v) is 6.58. The van der Waals surface area contributed by atoms with E-state index in [-0.39, 0.29) is 0 Å². The number of nitrogens with zero attached hydrogens (tertiary/aromatic N) is 2. The maximum atomic E-state index is 6.11. The highest BCUT2D eigenvalue weighted by Crippen LogP contribution is 2.30. The molecule has 0 spiro atoms. The molecule has 0 aliphatic rings. The summed E-state index contributed by atoms with van der Waals surface area (Å²) < 4.78 is 1.97. The number of halogens is 2. The number of rotatable bonds is 4. The smallest absolute Gasteiger partial charge is 0.0722 e. The zero-order chi connectivity index (χ0) is 13.1. The number of aryl methyl sites for hydroxylation is 2. The van der Waals surface area contributed by atoms with Crippen molar-refractivity contribution in [3.05, 3.63) is 45.7 Å². The minimum atomic E-state index is 0.627. The summed E-state index contributed by atoms with van der Waals surface area (Å²) in [6, 6.07) is 7.52. The number of para-hydroxylation sites is 1. The van der Waals surface area contributed by atoms with Crippen LogP contribution in [0.5, 0.6) is 0 Å². The molecule has 0 saturated heterocycles. The van der Waals surface area contributed by atoms with E-state index in [0.717, 1.165) is 23.6 Å². The molecule has 5 heteroatoms. The van der Waals surface area contributed by atoms with Crippen LogP contribution in [-0.2, 0) is 13.1 Å². The Labute approximate surface area is 117 Å². The highest BCUT2D eigenvalue weighted by molar-refractivity contribution is 6.39. The van der Waals surface area contributed by atoms with Gasteiger partial charge in [0.05, 0.1) is 33.7 Å². The maximum Gasteiger partial charge on any atom is 0.0722 e. The highest BCUT2D eigenvalue weighted by atomic mass is 35.5. The third-order valence-corrected chi connectivity index (χ3v) is 3.32. The van der Waals surface area contributed by atoms with E-state index < -0.39 is 0 Å². The zero-order valence-electron chi connectivity index (χ0n) is 10.4. The number of aromatic nitrogens is 2. The quantitative estimate of drug-likeness (QED) is 0.914. The second kappa shape index (κ2) is 5.63. The van der Waals surface area contributed by atoms with Crippen molar-refractivity contribution in [3.8, 4) is 0 Å². The van der Waals surface area contributed by atoms with Crippen molar-refractivity contribution in [2.24, 2.45) is 0 Å². The van der Waals surface area contributed by atoms with Crippen molar-refractivity contribution in [1.29, 1.82) is 0 Å². The van der Waals surface area contributed by atoms with Crippen LogP contribution in [0.2, 0.25) is 10.0 Å². The van der Waals surface area contributed by atoms with Crippen molar-refractivity contribution >= 4 is 28.9 Å². The average molecular weight is 284 g/mol. The molecule has 3 nitrogen and oxygen atoms in total. The first-order chi connectivity index (χ1) is 8.61. The van der Waals surface area contributed by atoms with Gasteiger partial charge in [0.15, 0.2) is 0 Å². The van der Waals surface area contributed by atoms with Crippen LogP contribution in [0.3, 0.4) is 0 Å². The molecule has 0 aliphatic heterocycles. The van der Waals surface area contributed by atoms with Gasteiger partial charge in [-0.25, -0.2) is 0 Å². The lowest BCUT2D eigenvalue weighted by atomic mass is 10.3. The first-order valence-electron chi connectivity index (χ1n) is 5.83. The Bertz CT molecular complexity index is 529. The Kier molecular flexibility index (Phi) is 4.15. The molecule has 18 heavy (non-hydrogen) atoms. The summed E-state index contributed by atoms with van der Waals surface area (Å²) in [6.07, 6.45) is 0. The number of benzene rings is 1. The summed E-state index contributed by atoms with van der Waals surface area (Å²) in [6.45, 7) is 5.55. The van der Waals surface area contributed by atoms with E-state index in [2.05, 4.69) is 23.4 Å². The first kappa shape index (κ1) is 13.2. The van der Waals surface area contributed by atoms with Crippen LogP contribution in [0, 0.1) is 6.92 Å². The second-order valence-electron chi connectivity index (χ2n) is 4.04. The van der Waals surface area contributed by atoms with Crippen molar-refractivity contribution < 1.29 is 0 Å². The molecule has 1 aromatic heterocycles. The van der Waals surface area contributed by atoms with Crippen LogP contribution < -0.4 is 5.32 Å². The van der Waals surface area contributed by atoms with Crippen LogP contribution in [0.1, 0.15) is 18.3 Å². The SMILES string of the molecule is CCn1nc(C)cc1CNc1c(Cl)cccc1Cl. The number of nitrogens with one attached hydrogen (secondary N) is 1. The van der Waals surface area contributed by atoms with Gasteiger partial charge in [-0.05, 0) is 32.0 Å². The molecule has 0 saturated carbocycles. The van der Waals surface area contributed by atoms with Gasteiger partial charge in [0.1, 0.15) is 0 Å². The predicted octanol–water partition coefficient (Wildman–Crippen LogP) is 4.13. The summed E-state index contributed by atoms with van der Waals surface area (Å²) in [7, 11) is 0. The molecular weight excluding hydrogens is 269 g/mol. The lowest BCUT2D eigenvalue weighted by Crippen LogP contribution is -2.08. The van der Waals surface area contributed by atoms with Gasteiger partial charge < -0.3 is 5.32 Å². The van der Waals surface area contributed by atoms with Crippen molar-refractivity contribution in [3.63, 3.8) is 0 Å². The molecule has 0 aliphatic carbocycles. The van der Waals surface area contributed by atoms with Crippen LogP contribution in [0.4, 0.5) is 5.69 Å². The lowest BCUT2D eigenvalue weighted by molar-refractivity contribution is 0.623. The molecule has 2 aromatic rings. The number of hydrogen-bond acceptors (Lipinski definition) is 2. The van der Waals surface area contributed by atoms with Crippen LogP contribution in [0.25, 0.3) is 0 Å². The molecule has 0 bridgehead atoms. The summed E-state index contributed by atoms with van der Waals surface area (Å²) in [5, 5.41) is 8.91. The molecule has 0 atom stereocenters. The van der Waals surface area contributed by atoms with Crippen molar-refractivity contribution in [2.45, 2.75) is 26.9 Å². The fourth-order valence-electron chi connectivity index (χ4n) is 1.86. The average Bonchev–Trinajstić information content (AvgIpc) is 2.69. The molecule has 2 rings (SSSR count). The maximum absolute atomic E-state index is 6.11. The molecule has 0 fully saturated rings. The zero-order valence-corrected chi connectivity index (χ0v) is 11.9. The van der Waals surface area contributed by atoms with Gasteiger partial charge >= 0.3 is 0 Å². The summed E-state index contributed by atoms with van der Waals surface area (Å²) in [4.78, 5) is 0. The molecule has 96 valence electrons. The Morgan fingerprint density at radius 2 is 1.94 bits per heavy atom. The van der Waals surface area contributed by atoms with Crippen LogP contribution >= 0.6 is 23.2 Å². The van der Waals surface area contributed by atoms with Crippen molar-refractivity contribution in [1.82, 2.24) is 9.78 Å². The molecule has 1 heterocycles. The van der Waals surface area contributed by atoms with Crippen LogP contribution in [0.15, 0.2) is 24.3 Å². The fourth-order valence-corrected chi connectivity index (χ4v) is 2.39. The van der Waals surface area contributed by atoms with Gasteiger partial charge in [0.2, 0.25) is 0 Å². The normalized spacial score (nSPS) is 10.7. The monoisotopic (exact) mass is 283 g/mol. The van der Waals surface area contributed by atoms with Gasteiger partial charge in [-0.15, -0.1) is 0 Å². The van der Waals surface area contributed by atoms with E-state index in [0.29, 0.717) is 16.6 Å². The van der Waals surface area contributed by atoms with E-state index in [1.807, 2.05) is 29.8 Å². The van der Waals surface area contributed by atoms with Gasteiger partial charge in [-0.2, -0.15) is 5.10 Å². The Morgan fingerprint density at radius 1 is 1.28 bits per heavy atom. The minimum absolute atomic E-state index is 0.627. The second-order valence-corrected chi connectivity index (χ2v) is 4.86. The Morgan fingerprint density at radius 3 is 2.56 bits per heavy atom. The summed E-state index contributed by atoms with van der Waals surface area (Å²) >= 11 is 12.2. The van der Waals surface area contributed by atoms with Gasteiger partial charge in [0.25, 0.3) is 0 Å². The molecule has 1 aromatic carbocycles. The molecule has 0 unspecified atom stereocenters. The largest absolute Gasteiger partial charge is 0.377 e. The Balaban J connectivity index is 2.16. The van der Waals surface area contributed by atoms with E-state index >= 15 is 0 Å². The fraction of sp³-hybridized carbons (Fsp3) is 0.308.